The highest BCUT2D eigenvalue weighted by atomic mass is 16.5. The molecule has 0 spiro atoms. The summed E-state index contributed by atoms with van der Waals surface area (Å²) in [4.78, 5) is 12.0. The van der Waals surface area contributed by atoms with Crippen molar-refractivity contribution in [2.45, 2.75) is 34.2 Å². The third-order valence-corrected chi connectivity index (χ3v) is 4.10. The smallest absolute Gasteiger partial charge is 0.259 e. The van der Waals surface area contributed by atoms with Gasteiger partial charge in [0.05, 0.1) is 25.6 Å². The van der Waals surface area contributed by atoms with Crippen LogP contribution in [0.2, 0.25) is 0 Å². The van der Waals surface area contributed by atoms with Gasteiger partial charge in [0.25, 0.3) is 5.91 Å². The number of para-hydroxylation sites is 2. The van der Waals surface area contributed by atoms with Crippen molar-refractivity contribution in [2.24, 2.45) is 11.0 Å². The van der Waals surface area contributed by atoms with Crippen molar-refractivity contribution in [3.63, 3.8) is 0 Å². The van der Waals surface area contributed by atoms with E-state index >= 15 is 0 Å². The Morgan fingerprint density at radius 2 is 2.04 bits per heavy atom. The molecule has 0 unspecified atom stereocenters. The van der Waals surface area contributed by atoms with Gasteiger partial charge in [-0.15, -0.1) is 0 Å². The maximum Gasteiger partial charge on any atom is 0.259 e. The molecule has 0 aliphatic rings. The molecule has 2 N–H and O–H groups in total. The molecule has 0 aliphatic carbocycles. The zero-order valence-electron chi connectivity index (χ0n) is 16.2. The van der Waals surface area contributed by atoms with Crippen LogP contribution in [0.5, 0.6) is 5.75 Å². The second-order valence-electron chi connectivity index (χ2n) is 6.68. The number of aromatic nitrogens is 1. The standard InChI is InChI=1S/C20H28N4O2/c1-14(2)13-24-15(3)10-17(16(24)4)11-22-23-20(25)12-21-18-8-6-7-9-19(18)26-5/h6-11,14,21H,12-13H2,1-5H3,(H,23,25). The Morgan fingerprint density at radius 1 is 1.31 bits per heavy atom. The SMILES string of the molecule is COc1ccccc1NCC(=O)NN=Cc1cc(C)n(CC(C)C)c1C. The lowest BCUT2D eigenvalue weighted by Crippen LogP contribution is -2.26. The number of ether oxygens (including phenoxy) is 1. The number of nitrogens with one attached hydrogen (secondary N) is 2. The van der Waals surface area contributed by atoms with Gasteiger partial charge in [0, 0.05) is 23.5 Å². The van der Waals surface area contributed by atoms with E-state index < -0.39 is 0 Å². The molecule has 1 amide bonds. The normalized spacial score (nSPS) is 11.2. The van der Waals surface area contributed by atoms with E-state index in [4.69, 9.17) is 4.74 Å². The van der Waals surface area contributed by atoms with Crippen LogP contribution in [-0.4, -0.2) is 30.3 Å². The molecular formula is C20H28N4O2. The molecule has 0 bridgehead atoms. The topological polar surface area (TPSA) is 67.7 Å². The Kier molecular flexibility index (Phi) is 6.83. The number of hydrogen-bond acceptors (Lipinski definition) is 4. The van der Waals surface area contributed by atoms with Crippen LogP contribution in [0.25, 0.3) is 0 Å². The summed E-state index contributed by atoms with van der Waals surface area (Å²) >= 11 is 0. The molecule has 0 saturated carbocycles. The molecule has 1 heterocycles. The average molecular weight is 356 g/mol. The van der Waals surface area contributed by atoms with E-state index in [1.165, 1.54) is 5.69 Å². The van der Waals surface area contributed by atoms with Crippen LogP contribution in [-0.2, 0) is 11.3 Å². The molecule has 0 atom stereocenters. The lowest BCUT2D eigenvalue weighted by molar-refractivity contribution is -0.119. The van der Waals surface area contributed by atoms with Crippen LogP contribution in [0.1, 0.15) is 30.8 Å². The fraction of sp³-hybridized carbons (Fsp3) is 0.400. The summed E-state index contributed by atoms with van der Waals surface area (Å²) in [7, 11) is 1.60. The Labute approximate surface area is 155 Å². The quantitative estimate of drug-likeness (QED) is 0.563. The fourth-order valence-corrected chi connectivity index (χ4v) is 2.78. The number of nitrogens with zero attached hydrogens (tertiary/aromatic N) is 2. The number of rotatable bonds is 8. The summed E-state index contributed by atoms with van der Waals surface area (Å²) in [5, 5.41) is 7.13. The van der Waals surface area contributed by atoms with Gasteiger partial charge in [-0.2, -0.15) is 5.10 Å². The Balaban J connectivity index is 1.91. The summed E-state index contributed by atoms with van der Waals surface area (Å²) < 4.78 is 7.52. The van der Waals surface area contributed by atoms with E-state index in [1.54, 1.807) is 13.3 Å². The van der Waals surface area contributed by atoms with Gasteiger partial charge < -0.3 is 14.6 Å². The van der Waals surface area contributed by atoms with Crippen LogP contribution in [0.4, 0.5) is 5.69 Å². The van der Waals surface area contributed by atoms with Gasteiger partial charge in [0.15, 0.2) is 0 Å². The third kappa shape index (κ3) is 5.12. The first-order chi connectivity index (χ1) is 12.4. The van der Waals surface area contributed by atoms with E-state index in [1.807, 2.05) is 24.3 Å². The van der Waals surface area contributed by atoms with Crippen molar-refractivity contribution in [1.29, 1.82) is 0 Å². The van der Waals surface area contributed by atoms with Crippen molar-refractivity contribution < 1.29 is 9.53 Å². The molecule has 1 aromatic carbocycles. The number of anilines is 1. The first-order valence-corrected chi connectivity index (χ1v) is 8.78. The summed E-state index contributed by atoms with van der Waals surface area (Å²) in [6, 6.07) is 9.54. The molecule has 0 fully saturated rings. The van der Waals surface area contributed by atoms with Gasteiger partial charge in [-0.1, -0.05) is 26.0 Å². The number of hydrogen-bond donors (Lipinski definition) is 2. The number of hydrazone groups is 1. The van der Waals surface area contributed by atoms with E-state index in [-0.39, 0.29) is 12.5 Å². The van der Waals surface area contributed by atoms with Crippen LogP contribution in [0.15, 0.2) is 35.4 Å². The largest absolute Gasteiger partial charge is 0.495 e. The Hall–Kier alpha value is -2.76. The Bertz CT molecular complexity index is 778. The highest BCUT2D eigenvalue weighted by molar-refractivity contribution is 5.85. The summed E-state index contributed by atoms with van der Waals surface area (Å²) in [5.74, 6) is 1.05. The second kappa shape index (κ2) is 9.08. The molecule has 0 saturated heterocycles. The van der Waals surface area contributed by atoms with Gasteiger partial charge in [0.2, 0.25) is 0 Å². The second-order valence-corrected chi connectivity index (χ2v) is 6.68. The lowest BCUT2D eigenvalue weighted by atomic mass is 10.2. The average Bonchev–Trinajstić information content (AvgIpc) is 2.87. The van der Waals surface area contributed by atoms with Crippen LogP contribution < -0.4 is 15.5 Å². The maximum atomic E-state index is 12.0. The van der Waals surface area contributed by atoms with E-state index in [0.717, 1.165) is 23.5 Å². The minimum absolute atomic E-state index is 0.115. The zero-order valence-corrected chi connectivity index (χ0v) is 16.2. The minimum Gasteiger partial charge on any atom is -0.495 e. The number of methoxy groups -OCH3 is 1. The molecule has 1 aromatic heterocycles. The number of aryl methyl sites for hydroxylation is 1. The fourth-order valence-electron chi connectivity index (χ4n) is 2.78. The molecule has 0 aliphatic heterocycles. The molecule has 2 rings (SSSR count). The molecule has 0 radical (unpaired) electrons. The van der Waals surface area contributed by atoms with Crippen LogP contribution >= 0.6 is 0 Å². The molecule has 6 nitrogen and oxygen atoms in total. The number of benzene rings is 1. The third-order valence-electron chi connectivity index (χ3n) is 4.10. The monoisotopic (exact) mass is 356 g/mol. The summed E-state index contributed by atoms with van der Waals surface area (Å²) in [5.41, 5.74) is 6.69. The van der Waals surface area contributed by atoms with Crippen molar-refractivity contribution in [3.05, 3.63) is 47.3 Å². The highest BCUT2D eigenvalue weighted by Crippen LogP contribution is 2.22. The van der Waals surface area contributed by atoms with Crippen molar-refractivity contribution in [1.82, 2.24) is 9.99 Å². The van der Waals surface area contributed by atoms with Crippen LogP contribution in [0, 0.1) is 19.8 Å². The van der Waals surface area contributed by atoms with E-state index in [9.17, 15) is 4.79 Å². The van der Waals surface area contributed by atoms with Gasteiger partial charge in [0.1, 0.15) is 5.75 Å². The number of carbonyl (C=O) groups is 1. The number of amides is 1. The predicted molar refractivity (Wildman–Crippen MR) is 106 cm³/mol. The Morgan fingerprint density at radius 3 is 2.73 bits per heavy atom. The summed E-state index contributed by atoms with van der Waals surface area (Å²) in [6.07, 6.45) is 1.69. The van der Waals surface area contributed by atoms with Gasteiger partial charge in [-0.25, -0.2) is 5.43 Å². The van der Waals surface area contributed by atoms with Gasteiger partial charge in [-0.3, -0.25) is 4.79 Å². The van der Waals surface area contributed by atoms with E-state index in [0.29, 0.717) is 11.7 Å². The molecule has 26 heavy (non-hydrogen) atoms. The lowest BCUT2D eigenvalue weighted by Gasteiger charge is -2.11. The van der Waals surface area contributed by atoms with Crippen molar-refractivity contribution >= 4 is 17.8 Å². The van der Waals surface area contributed by atoms with Crippen molar-refractivity contribution in [3.8, 4) is 5.75 Å². The van der Waals surface area contributed by atoms with Gasteiger partial charge in [-0.05, 0) is 38.0 Å². The molecule has 6 heteroatoms. The zero-order chi connectivity index (χ0) is 19.1. The predicted octanol–water partition coefficient (Wildman–Crippen LogP) is 3.33. The highest BCUT2D eigenvalue weighted by Gasteiger charge is 2.09. The van der Waals surface area contributed by atoms with E-state index in [2.05, 4.69) is 54.2 Å². The first-order valence-electron chi connectivity index (χ1n) is 8.78. The minimum atomic E-state index is -0.219. The molecular weight excluding hydrogens is 328 g/mol. The van der Waals surface area contributed by atoms with Crippen molar-refractivity contribution in [2.75, 3.05) is 19.0 Å². The maximum absolute atomic E-state index is 12.0. The molecule has 2 aromatic rings. The van der Waals surface area contributed by atoms with Gasteiger partial charge >= 0.3 is 0 Å². The number of carbonyl (C=O) groups excluding carboxylic acids is 1. The van der Waals surface area contributed by atoms with Crippen LogP contribution in [0.3, 0.4) is 0 Å². The first kappa shape index (κ1) is 19.6. The molecule has 140 valence electrons. The summed E-state index contributed by atoms with van der Waals surface area (Å²) in [6.45, 7) is 9.64.